The highest BCUT2D eigenvalue weighted by molar-refractivity contribution is 6.30. The Kier molecular flexibility index (Phi) is 3.93. The molecule has 20 heavy (non-hydrogen) atoms. The lowest BCUT2D eigenvalue weighted by Gasteiger charge is -2.39. The van der Waals surface area contributed by atoms with Crippen LogP contribution in [0.4, 0.5) is 5.69 Å². The Morgan fingerprint density at radius 1 is 1.30 bits per heavy atom. The minimum absolute atomic E-state index is 0.260. The molecule has 2 heterocycles. The fraction of sp³-hybridized carbons (Fsp3) is 0.625. The second-order valence-corrected chi connectivity index (χ2v) is 6.46. The fourth-order valence-electron chi connectivity index (χ4n) is 3.80. The van der Waals surface area contributed by atoms with Crippen molar-refractivity contribution in [2.45, 2.75) is 25.2 Å². The van der Waals surface area contributed by atoms with E-state index in [1.54, 1.807) is 0 Å². The summed E-state index contributed by atoms with van der Waals surface area (Å²) in [7, 11) is 0. The average molecular weight is 295 g/mol. The van der Waals surface area contributed by atoms with Gasteiger partial charge in [-0.05, 0) is 56.6 Å². The van der Waals surface area contributed by atoms with Gasteiger partial charge in [-0.25, -0.2) is 0 Å². The molecule has 0 bridgehead atoms. The van der Waals surface area contributed by atoms with Crippen LogP contribution in [0, 0.1) is 0 Å². The Hall–Kier alpha value is -0.770. The third-order valence-electron chi connectivity index (χ3n) is 4.98. The highest BCUT2D eigenvalue weighted by atomic mass is 35.5. The summed E-state index contributed by atoms with van der Waals surface area (Å²) in [6.45, 7) is 7.60. The zero-order valence-electron chi connectivity index (χ0n) is 12.1. The quantitative estimate of drug-likeness (QED) is 0.928. The van der Waals surface area contributed by atoms with E-state index in [2.05, 4.69) is 28.9 Å². The SMILES string of the molecule is CCN1CC2(CCN(CCO)CC2)c2cc(Cl)ccc21. The Labute approximate surface area is 126 Å². The second kappa shape index (κ2) is 5.55. The predicted molar refractivity (Wildman–Crippen MR) is 83.8 cm³/mol. The number of hydrogen-bond donors (Lipinski definition) is 1. The molecular formula is C16H23ClN2O. The zero-order valence-corrected chi connectivity index (χ0v) is 12.9. The summed E-state index contributed by atoms with van der Waals surface area (Å²) in [5, 5.41) is 9.93. The van der Waals surface area contributed by atoms with Crippen molar-refractivity contribution in [3.05, 3.63) is 28.8 Å². The number of anilines is 1. The minimum Gasteiger partial charge on any atom is -0.395 e. The van der Waals surface area contributed by atoms with Gasteiger partial charge in [-0.3, -0.25) is 0 Å². The standard InChI is InChI=1S/C16H23ClN2O/c1-2-19-12-16(5-7-18(8-6-16)9-10-20)14-11-13(17)3-4-15(14)19/h3-4,11,20H,2,5-10,12H2,1H3. The van der Waals surface area contributed by atoms with E-state index in [0.29, 0.717) is 0 Å². The Balaban J connectivity index is 1.87. The van der Waals surface area contributed by atoms with Gasteiger partial charge < -0.3 is 14.9 Å². The molecule has 1 saturated heterocycles. The number of likely N-dealkylation sites (N-methyl/N-ethyl adjacent to an activating group) is 1. The van der Waals surface area contributed by atoms with Gasteiger partial charge >= 0.3 is 0 Å². The molecule has 2 aliphatic rings. The summed E-state index contributed by atoms with van der Waals surface area (Å²) in [5.41, 5.74) is 3.07. The van der Waals surface area contributed by atoms with Gasteiger partial charge in [0, 0.05) is 35.8 Å². The van der Waals surface area contributed by atoms with Crippen LogP contribution in [-0.4, -0.2) is 49.3 Å². The molecule has 3 nitrogen and oxygen atoms in total. The number of likely N-dealkylation sites (tertiary alicyclic amines) is 1. The van der Waals surface area contributed by atoms with Gasteiger partial charge in [0.1, 0.15) is 0 Å². The number of benzene rings is 1. The van der Waals surface area contributed by atoms with Gasteiger partial charge in [0.2, 0.25) is 0 Å². The van der Waals surface area contributed by atoms with Crippen LogP contribution < -0.4 is 4.90 Å². The molecule has 3 rings (SSSR count). The lowest BCUT2D eigenvalue weighted by molar-refractivity contribution is 0.136. The highest BCUT2D eigenvalue weighted by Crippen LogP contribution is 2.47. The molecule has 1 aromatic rings. The predicted octanol–water partition coefficient (Wildman–Crippen LogP) is 2.51. The number of aliphatic hydroxyl groups is 1. The molecule has 1 spiro atoms. The molecule has 2 aliphatic heterocycles. The van der Waals surface area contributed by atoms with Crippen molar-refractivity contribution in [3.8, 4) is 0 Å². The summed E-state index contributed by atoms with van der Waals surface area (Å²) >= 11 is 6.23. The molecule has 110 valence electrons. The maximum absolute atomic E-state index is 9.08. The molecule has 0 aliphatic carbocycles. The Bertz CT molecular complexity index is 483. The third kappa shape index (κ3) is 2.32. The summed E-state index contributed by atoms with van der Waals surface area (Å²) in [6.07, 6.45) is 2.33. The first-order valence-corrected chi connectivity index (χ1v) is 7.94. The van der Waals surface area contributed by atoms with E-state index in [1.807, 2.05) is 6.07 Å². The molecule has 0 radical (unpaired) electrons. The van der Waals surface area contributed by atoms with Crippen molar-refractivity contribution in [2.75, 3.05) is 44.2 Å². The molecular weight excluding hydrogens is 272 g/mol. The van der Waals surface area contributed by atoms with Gasteiger partial charge in [-0.15, -0.1) is 0 Å². The molecule has 0 saturated carbocycles. The summed E-state index contributed by atoms with van der Waals surface area (Å²) in [5.74, 6) is 0. The number of fused-ring (bicyclic) bond motifs is 2. The van der Waals surface area contributed by atoms with Crippen LogP contribution in [0.5, 0.6) is 0 Å². The topological polar surface area (TPSA) is 26.7 Å². The van der Waals surface area contributed by atoms with Crippen LogP contribution >= 0.6 is 11.6 Å². The summed E-state index contributed by atoms with van der Waals surface area (Å²) in [6, 6.07) is 6.35. The van der Waals surface area contributed by atoms with E-state index < -0.39 is 0 Å². The van der Waals surface area contributed by atoms with E-state index in [0.717, 1.165) is 50.6 Å². The largest absolute Gasteiger partial charge is 0.395 e. The van der Waals surface area contributed by atoms with Crippen LogP contribution in [-0.2, 0) is 5.41 Å². The Morgan fingerprint density at radius 2 is 2.05 bits per heavy atom. The smallest absolute Gasteiger partial charge is 0.0558 e. The first-order valence-electron chi connectivity index (χ1n) is 7.57. The van der Waals surface area contributed by atoms with E-state index in [-0.39, 0.29) is 12.0 Å². The first-order chi connectivity index (χ1) is 9.68. The van der Waals surface area contributed by atoms with E-state index in [9.17, 15) is 0 Å². The van der Waals surface area contributed by atoms with E-state index >= 15 is 0 Å². The number of aliphatic hydroxyl groups excluding tert-OH is 1. The van der Waals surface area contributed by atoms with Crippen LogP contribution in [0.1, 0.15) is 25.3 Å². The zero-order chi connectivity index (χ0) is 14.2. The molecule has 1 N–H and O–H groups in total. The van der Waals surface area contributed by atoms with Gasteiger partial charge in [0.25, 0.3) is 0 Å². The van der Waals surface area contributed by atoms with Crippen molar-refractivity contribution in [1.29, 1.82) is 0 Å². The lowest BCUT2D eigenvalue weighted by atomic mass is 9.74. The number of piperidine rings is 1. The van der Waals surface area contributed by atoms with Crippen molar-refractivity contribution in [3.63, 3.8) is 0 Å². The lowest BCUT2D eigenvalue weighted by Crippen LogP contribution is -2.45. The van der Waals surface area contributed by atoms with Crippen molar-refractivity contribution in [2.24, 2.45) is 0 Å². The maximum atomic E-state index is 9.08. The number of nitrogens with zero attached hydrogens (tertiary/aromatic N) is 2. The fourth-order valence-corrected chi connectivity index (χ4v) is 3.97. The average Bonchev–Trinajstić information content (AvgIpc) is 2.76. The van der Waals surface area contributed by atoms with Crippen molar-refractivity contribution < 1.29 is 5.11 Å². The van der Waals surface area contributed by atoms with E-state index in [1.165, 1.54) is 11.3 Å². The molecule has 0 amide bonds. The van der Waals surface area contributed by atoms with Gasteiger partial charge in [-0.2, -0.15) is 0 Å². The van der Waals surface area contributed by atoms with Gasteiger partial charge in [0.15, 0.2) is 0 Å². The monoisotopic (exact) mass is 294 g/mol. The molecule has 1 aromatic carbocycles. The maximum Gasteiger partial charge on any atom is 0.0558 e. The summed E-state index contributed by atoms with van der Waals surface area (Å²) in [4.78, 5) is 4.84. The van der Waals surface area contributed by atoms with Crippen LogP contribution in [0.25, 0.3) is 0 Å². The normalized spacial score (nSPS) is 21.4. The number of halogens is 1. The van der Waals surface area contributed by atoms with Crippen molar-refractivity contribution in [1.82, 2.24) is 4.90 Å². The van der Waals surface area contributed by atoms with Crippen LogP contribution in [0.2, 0.25) is 5.02 Å². The number of rotatable bonds is 3. The molecule has 1 fully saturated rings. The molecule has 0 unspecified atom stereocenters. The minimum atomic E-state index is 0.260. The van der Waals surface area contributed by atoms with Gasteiger partial charge in [-0.1, -0.05) is 11.6 Å². The third-order valence-corrected chi connectivity index (χ3v) is 5.21. The summed E-state index contributed by atoms with van der Waals surface area (Å²) < 4.78 is 0. The molecule has 4 heteroatoms. The van der Waals surface area contributed by atoms with E-state index in [4.69, 9.17) is 16.7 Å². The van der Waals surface area contributed by atoms with Crippen molar-refractivity contribution >= 4 is 17.3 Å². The van der Waals surface area contributed by atoms with Gasteiger partial charge in [0.05, 0.1) is 6.61 Å². The number of β-amino-alcohol motifs (C(OH)–C–C–N with tert-alkyl or cyclic N) is 1. The highest BCUT2D eigenvalue weighted by Gasteiger charge is 2.44. The second-order valence-electron chi connectivity index (χ2n) is 6.02. The first kappa shape index (κ1) is 14.2. The molecule has 0 aromatic heterocycles. The Morgan fingerprint density at radius 3 is 2.70 bits per heavy atom. The van der Waals surface area contributed by atoms with Crippen LogP contribution in [0.15, 0.2) is 18.2 Å². The molecule has 0 atom stereocenters. The number of hydrogen-bond acceptors (Lipinski definition) is 3. The van der Waals surface area contributed by atoms with Crippen LogP contribution in [0.3, 0.4) is 0 Å².